The number of carbonyl (C=O) groups is 2. The lowest BCUT2D eigenvalue weighted by atomic mass is 10.1. The van der Waals surface area contributed by atoms with Gasteiger partial charge in [0.05, 0.1) is 57.9 Å². The molecule has 4 aromatic heterocycles. The van der Waals surface area contributed by atoms with Gasteiger partial charge in [-0.15, -0.1) is 0 Å². The predicted molar refractivity (Wildman–Crippen MR) is 231 cm³/mol. The molecule has 0 bridgehead atoms. The summed E-state index contributed by atoms with van der Waals surface area (Å²) >= 11 is 0. The molecule has 2 aliphatic heterocycles. The number of aryl methyl sites for hydroxylation is 2. The normalized spacial score (nSPS) is 14.8. The Morgan fingerprint density at radius 1 is 0.738 bits per heavy atom. The number of halogens is 2. The van der Waals surface area contributed by atoms with Crippen molar-refractivity contribution in [2.75, 3.05) is 22.9 Å². The first kappa shape index (κ1) is 42.9. The van der Waals surface area contributed by atoms with Crippen molar-refractivity contribution in [3.8, 4) is 11.4 Å². The molecular weight excluding hydrogens is 779 g/mol. The summed E-state index contributed by atoms with van der Waals surface area (Å²) in [6.07, 6.45) is 7.91. The average molecular weight is 833 g/mol. The highest BCUT2D eigenvalue weighted by molar-refractivity contribution is 5.97. The number of aromatic nitrogens is 8. The number of hydrogen-bond acceptors (Lipinski definition) is 7. The van der Waals surface area contributed by atoms with E-state index in [1.54, 1.807) is 69.5 Å². The molecule has 2 unspecified atom stereocenters. The van der Waals surface area contributed by atoms with Crippen LogP contribution in [-0.2, 0) is 28.0 Å². The second kappa shape index (κ2) is 17.4. The van der Waals surface area contributed by atoms with Crippen LogP contribution in [0.15, 0.2) is 79.6 Å². The molecule has 15 heteroatoms. The second-order valence-corrected chi connectivity index (χ2v) is 16.3. The van der Waals surface area contributed by atoms with Gasteiger partial charge in [0.15, 0.2) is 0 Å². The third-order valence-corrected chi connectivity index (χ3v) is 11.4. The summed E-state index contributed by atoms with van der Waals surface area (Å²) < 4.78 is 33.7. The van der Waals surface area contributed by atoms with Crippen LogP contribution in [0.4, 0.5) is 20.2 Å². The summed E-state index contributed by atoms with van der Waals surface area (Å²) in [7, 11) is 0. The second-order valence-electron chi connectivity index (χ2n) is 16.3. The van der Waals surface area contributed by atoms with Crippen molar-refractivity contribution in [1.29, 1.82) is 0 Å². The fourth-order valence-electron chi connectivity index (χ4n) is 8.14. The van der Waals surface area contributed by atoms with Gasteiger partial charge in [0, 0.05) is 24.5 Å². The Balaban J connectivity index is 0.000000184. The Labute approximate surface area is 354 Å². The van der Waals surface area contributed by atoms with E-state index in [-0.39, 0.29) is 23.4 Å². The van der Waals surface area contributed by atoms with E-state index in [4.69, 9.17) is 0 Å². The van der Waals surface area contributed by atoms with E-state index in [1.165, 1.54) is 24.3 Å². The van der Waals surface area contributed by atoms with Crippen molar-refractivity contribution in [2.24, 2.45) is 0 Å². The molecule has 8 rings (SSSR count). The molecule has 2 aromatic carbocycles. The van der Waals surface area contributed by atoms with Crippen molar-refractivity contribution in [3.63, 3.8) is 0 Å². The highest BCUT2D eigenvalue weighted by Crippen LogP contribution is 2.34. The number of benzene rings is 2. The lowest BCUT2D eigenvalue weighted by Gasteiger charge is -2.31. The first-order valence-corrected chi connectivity index (χ1v) is 20.9. The SMILES string of the molecule is C=C(C)c1cc(C)n(C(CC)C(=O)N2CCCc3c2cnn3-c2ccc(F)cc2)n1.CCC(C(=O)N1CCCc2c1cnn2-c1ccc(F)cc1)n1nc(C(C)(C)O)cc1C. The van der Waals surface area contributed by atoms with Gasteiger partial charge in [-0.05, 0) is 139 Å². The minimum atomic E-state index is -1.08. The van der Waals surface area contributed by atoms with Gasteiger partial charge in [-0.1, -0.05) is 20.4 Å². The van der Waals surface area contributed by atoms with Crippen molar-refractivity contribution >= 4 is 28.8 Å². The van der Waals surface area contributed by atoms with E-state index in [2.05, 4.69) is 27.0 Å². The van der Waals surface area contributed by atoms with E-state index in [9.17, 15) is 23.5 Å². The molecular formula is C46H54F2N10O3. The molecule has 0 radical (unpaired) electrons. The summed E-state index contributed by atoms with van der Waals surface area (Å²) in [5.74, 6) is -0.620. The molecule has 2 amide bonds. The van der Waals surface area contributed by atoms with Crippen LogP contribution in [0.5, 0.6) is 0 Å². The standard InChI is InChI=1S/C23H28FN5O2.C23H26FN5O/c1-5-18(28-15(2)13-21(26-28)23(3,4)31)22(30)27-12-6-7-19-20(27)14-25-29(19)17-10-8-16(24)9-11-17;1-5-20(28-16(4)13-19(26-28)15(2)3)23(30)27-12-6-7-21-22(27)14-25-29(21)18-10-8-17(24)9-11-18/h8-11,13-14,18,31H,5-7,12H2,1-4H3;8-11,13-14,20H,2,5-7,12H2,1,3-4H3. The Bertz CT molecular complexity index is 2540. The predicted octanol–water partition coefficient (Wildman–Crippen LogP) is 8.15. The number of amides is 2. The first-order valence-electron chi connectivity index (χ1n) is 20.9. The van der Waals surface area contributed by atoms with Gasteiger partial charge in [0.25, 0.3) is 11.8 Å². The van der Waals surface area contributed by atoms with Gasteiger partial charge < -0.3 is 14.9 Å². The zero-order valence-corrected chi connectivity index (χ0v) is 35.9. The number of rotatable bonds is 10. The van der Waals surface area contributed by atoms with E-state index in [0.29, 0.717) is 31.6 Å². The van der Waals surface area contributed by atoms with Crippen LogP contribution in [0.25, 0.3) is 16.9 Å². The van der Waals surface area contributed by atoms with Crippen molar-refractivity contribution in [3.05, 3.63) is 125 Å². The van der Waals surface area contributed by atoms with E-state index < -0.39 is 17.7 Å². The fraction of sp³-hybridized carbons (Fsp3) is 0.391. The number of anilines is 2. The number of carbonyl (C=O) groups excluding carboxylic acids is 2. The van der Waals surface area contributed by atoms with Gasteiger partial charge in [-0.25, -0.2) is 18.1 Å². The zero-order chi connectivity index (χ0) is 43.7. The highest BCUT2D eigenvalue weighted by atomic mass is 19.1. The Morgan fingerprint density at radius 3 is 1.54 bits per heavy atom. The molecule has 0 spiro atoms. The number of fused-ring (bicyclic) bond motifs is 2. The summed E-state index contributed by atoms with van der Waals surface area (Å²) in [5.41, 5.74) is 7.98. The van der Waals surface area contributed by atoms with Crippen molar-refractivity contribution in [1.82, 2.24) is 39.1 Å². The molecule has 0 saturated carbocycles. The maximum atomic E-state index is 13.6. The van der Waals surface area contributed by atoms with Crippen LogP contribution in [0.2, 0.25) is 0 Å². The molecule has 2 aliphatic rings. The number of nitrogens with zero attached hydrogens (tertiary/aromatic N) is 10. The van der Waals surface area contributed by atoms with Gasteiger partial charge in [0.2, 0.25) is 0 Å². The minimum Gasteiger partial charge on any atom is -0.384 e. The molecule has 13 nitrogen and oxygen atoms in total. The molecule has 0 saturated heterocycles. The number of allylic oxidation sites excluding steroid dienone is 1. The molecule has 6 heterocycles. The van der Waals surface area contributed by atoms with Crippen molar-refractivity contribution < 1.29 is 23.5 Å². The van der Waals surface area contributed by atoms with Gasteiger partial charge in [-0.2, -0.15) is 20.4 Å². The van der Waals surface area contributed by atoms with Crippen LogP contribution < -0.4 is 9.80 Å². The lowest BCUT2D eigenvalue weighted by Crippen LogP contribution is -2.41. The van der Waals surface area contributed by atoms with Crippen LogP contribution in [0.3, 0.4) is 0 Å². The summed E-state index contributed by atoms with van der Waals surface area (Å²) in [4.78, 5) is 30.8. The first-order chi connectivity index (χ1) is 29.1. The highest BCUT2D eigenvalue weighted by Gasteiger charge is 2.35. The van der Waals surface area contributed by atoms with Crippen LogP contribution in [0, 0.1) is 25.5 Å². The quantitative estimate of drug-likeness (QED) is 0.147. The largest absolute Gasteiger partial charge is 0.384 e. The summed E-state index contributed by atoms with van der Waals surface area (Å²) in [5, 5.41) is 28.5. The maximum Gasteiger partial charge on any atom is 0.251 e. The van der Waals surface area contributed by atoms with Gasteiger partial charge in [-0.3, -0.25) is 19.0 Å². The zero-order valence-electron chi connectivity index (χ0n) is 35.9. The monoisotopic (exact) mass is 832 g/mol. The van der Waals surface area contributed by atoms with E-state index in [0.717, 1.165) is 82.5 Å². The molecule has 6 aromatic rings. The molecule has 2 atom stereocenters. The molecule has 1 N–H and O–H groups in total. The smallest absolute Gasteiger partial charge is 0.251 e. The van der Waals surface area contributed by atoms with Gasteiger partial charge in [0.1, 0.15) is 29.3 Å². The Kier molecular flexibility index (Phi) is 12.2. The molecule has 61 heavy (non-hydrogen) atoms. The average Bonchev–Trinajstić information content (AvgIpc) is 4.05. The third kappa shape index (κ3) is 8.56. The van der Waals surface area contributed by atoms with Crippen LogP contribution in [-0.4, -0.2) is 69.1 Å². The van der Waals surface area contributed by atoms with Crippen LogP contribution in [0.1, 0.15) is 107 Å². The van der Waals surface area contributed by atoms with E-state index >= 15 is 0 Å². The summed E-state index contributed by atoms with van der Waals surface area (Å²) in [6, 6.07) is 15.3. The Morgan fingerprint density at radius 2 is 1.16 bits per heavy atom. The topological polar surface area (TPSA) is 132 Å². The van der Waals surface area contributed by atoms with Crippen LogP contribution >= 0.6 is 0 Å². The third-order valence-electron chi connectivity index (χ3n) is 11.4. The number of hydrogen-bond donors (Lipinski definition) is 1. The Hall–Kier alpha value is -6.22. The number of aliphatic hydroxyl groups is 1. The fourth-order valence-corrected chi connectivity index (χ4v) is 8.14. The maximum absolute atomic E-state index is 13.6. The summed E-state index contributed by atoms with van der Waals surface area (Å²) in [6.45, 7) is 18.3. The minimum absolute atomic E-state index is 0.0107. The van der Waals surface area contributed by atoms with Crippen molar-refractivity contribution in [2.45, 2.75) is 105 Å². The lowest BCUT2D eigenvalue weighted by molar-refractivity contribution is -0.123. The molecule has 0 aliphatic carbocycles. The van der Waals surface area contributed by atoms with Gasteiger partial charge >= 0.3 is 0 Å². The van der Waals surface area contributed by atoms with E-state index in [1.807, 2.05) is 56.3 Å². The molecule has 320 valence electrons. The molecule has 0 fully saturated rings.